The van der Waals surface area contributed by atoms with E-state index >= 15 is 0 Å². The minimum absolute atomic E-state index is 0.00515. The van der Waals surface area contributed by atoms with Crippen molar-refractivity contribution in [3.8, 4) is 0 Å². The Morgan fingerprint density at radius 1 is 1.33 bits per heavy atom. The largest absolute Gasteiger partial charge is 0.379 e. The number of methoxy groups -OCH3 is 1. The van der Waals surface area contributed by atoms with E-state index in [0.29, 0.717) is 5.92 Å². The summed E-state index contributed by atoms with van der Waals surface area (Å²) >= 11 is 0. The maximum absolute atomic E-state index is 12.6. The first kappa shape index (κ1) is 20.9. The number of likely N-dealkylation sites (tertiary alicyclic amines) is 1. The maximum Gasteiger partial charge on any atom is 0.242 e. The first-order valence-corrected chi connectivity index (χ1v) is 9.13. The van der Waals surface area contributed by atoms with Gasteiger partial charge < -0.3 is 15.0 Å². The van der Waals surface area contributed by atoms with Crippen LogP contribution < -0.4 is 5.32 Å². The highest BCUT2D eigenvalue weighted by Crippen LogP contribution is 2.21. The van der Waals surface area contributed by atoms with Crippen LogP contribution in [0.4, 0.5) is 0 Å². The van der Waals surface area contributed by atoms with Gasteiger partial charge in [-0.05, 0) is 38.8 Å². The Labute approximate surface area is 146 Å². The molecule has 24 heavy (non-hydrogen) atoms. The molecular formula is C18H35N3O3. The van der Waals surface area contributed by atoms with Crippen LogP contribution in [0.5, 0.6) is 0 Å². The number of ether oxygens (including phenoxy) is 1. The van der Waals surface area contributed by atoms with E-state index in [-0.39, 0.29) is 36.5 Å². The average molecular weight is 341 g/mol. The van der Waals surface area contributed by atoms with E-state index in [0.717, 1.165) is 32.2 Å². The zero-order valence-electron chi connectivity index (χ0n) is 16.2. The summed E-state index contributed by atoms with van der Waals surface area (Å²) in [6.45, 7) is 7.32. The third kappa shape index (κ3) is 5.18. The van der Waals surface area contributed by atoms with Gasteiger partial charge in [-0.2, -0.15) is 0 Å². The molecule has 0 aromatic heterocycles. The molecule has 6 nitrogen and oxygen atoms in total. The van der Waals surface area contributed by atoms with E-state index in [1.165, 1.54) is 0 Å². The van der Waals surface area contributed by atoms with E-state index in [2.05, 4.69) is 26.1 Å². The lowest BCUT2D eigenvalue weighted by molar-refractivity contribution is -0.138. The average Bonchev–Trinajstić information content (AvgIpc) is 3.01. The molecule has 4 atom stereocenters. The number of likely N-dealkylation sites (N-methyl/N-ethyl adjacent to an activating group) is 2. The van der Waals surface area contributed by atoms with Gasteiger partial charge in [0.25, 0.3) is 0 Å². The molecule has 0 aromatic carbocycles. The maximum atomic E-state index is 12.6. The molecule has 0 saturated carbocycles. The second-order valence-electron chi connectivity index (χ2n) is 6.92. The van der Waals surface area contributed by atoms with E-state index in [1.807, 2.05) is 19.0 Å². The van der Waals surface area contributed by atoms with Crippen molar-refractivity contribution in [2.24, 2.45) is 5.92 Å². The monoisotopic (exact) mass is 341 g/mol. The molecule has 0 aromatic rings. The van der Waals surface area contributed by atoms with Gasteiger partial charge in [-0.3, -0.25) is 14.5 Å². The molecule has 1 heterocycles. The van der Waals surface area contributed by atoms with Crippen molar-refractivity contribution in [3.05, 3.63) is 0 Å². The summed E-state index contributed by atoms with van der Waals surface area (Å²) in [6.07, 6.45) is 3.73. The highest BCUT2D eigenvalue weighted by molar-refractivity contribution is 5.87. The Bertz CT molecular complexity index is 412. The van der Waals surface area contributed by atoms with Crippen LogP contribution in [0, 0.1) is 5.92 Å². The van der Waals surface area contributed by atoms with Crippen LogP contribution in [0.1, 0.15) is 46.5 Å². The summed E-state index contributed by atoms with van der Waals surface area (Å²) in [5.41, 5.74) is 0. The topological polar surface area (TPSA) is 61.9 Å². The Morgan fingerprint density at radius 2 is 2.00 bits per heavy atom. The first-order valence-electron chi connectivity index (χ1n) is 9.13. The third-order valence-corrected chi connectivity index (χ3v) is 5.39. The van der Waals surface area contributed by atoms with Crippen LogP contribution in [0.25, 0.3) is 0 Å². The number of carbonyl (C=O) groups is 2. The number of hydrogen-bond donors (Lipinski definition) is 1. The van der Waals surface area contributed by atoms with Crippen LogP contribution >= 0.6 is 0 Å². The lowest BCUT2D eigenvalue weighted by atomic mass is 9.91. The smallest absolute Gasteiger partial charge is 0.242 e. The second-order valence-corrected chi connectivity index (χ2v) is 6.92. The minimum Gasteiger partial charge on any atom is -0.379 e. The standard InChI is InChI=1S/C18H35N3O3/c1-7-13(3)17(15(8-2)24-6)21(5)16(22)12-19-18(23)14-10-9-11-20(14)4/h13-15,17H,7-12H2,1-6H3,(H,19,23). The van der Waals surface area contributed by atoms with Gasteiger partial charge in [0, 0.05) is 14.2 Å². The highest BCUT2D eigenvalue weighted by atomic mass is 16.5. The molecule has 1 saturated heterocycles. The van der Waals surface area contributed by atoms with Gasteiger partial charge in [0.2, 0.25) is 11.8 Å². The van der Waals surface area contributed by atoms with Crippen LogP contribution in [0.2, 0.25) is 0 Å². The molecule has 0 spiro atoms. The van der Waals surface area contributed by atoms with Crippen molar-refractivity contribution in [1.29, 1.82) is 0 Å². The lowest BCUT2D eigenvalue weighted by Crippen LogP contribution is -2.52. The molecule has 6 heteroatoms. The summed E-state index contributed by atoms with van der Waals surface area (Å²) in [4.78, 5) is 28.6. The lowest BCUT2D eigenvalue weighted by Gasteiger charge is -2.37. The van der Waals surface area contributed by atoms with Crippen molar-refractivity contribution < 1.29 is 14.3 Å². The predicted octanol–water partition coefficient (Wildman–Crippen LogP) is 1.49. The summed E-state index contributed by atoms with van der Waals surface area (Å²) in [7, 11) is 5.46. The number of carbonyl (C=O) groups excluding carboxylic acids is 2. The molecule has 2 amide bonds. The molecule has 1 N–H and O–H groups in total. The summed E-state index contributed by atoms with van der Waals surface area (Å²) in [5.74, 6) is 0.223. The van der Waals surface area contributed by atoms with Crippen LogP contribution in [-0.2, 0) is 14.3 Å². The molecule has 0 bridgehead atoms. The van der Waals surface area contributed by atoms with Gasteiger partial charge in [0.05, 0.1) is 24.7 Å². The number of nitrogens with zero attached hydrogens (tertiary/aromatic N) is 2. The molecule has 140 valence electrons. The third-order valence-electron chi connectivity index (χ3n) is 5.39. The van der Waals surface area contributed by atoms with Crippen LogP contribution in [0.15, 0.2) is 0 Å². The van der Waals surface area contributed by atoms with Gasteiger partial charge >= 0.3 is 0 Å². The molecule has 1 rings (SSSR count). The number of hydrogen-bond acceptors (Lipinski definition) is 4. The summed E-state index contributed by atoms with van der Waals surface area (Å²) in [6, 6.07) is -0.0839. The minimum atomic E-state index is -0.101. The van der Waals surface area contributed by atoms with Gasteiger partial charge in [-0.25, -0.2) is 0 Å². The molecule has 1 aliphatic rings. The number of amides is 2. The van der Waals surface area contributed by atoms with E-state index < -0.39 is 0 Å². The molecule has 0 radical (unpaired) electrons. The van der Waals surface area contributed by atoms with Crippen molar-refractivity contribution in [1.82, 2.24) is 15.1 Å². The molecule has 0 aliphatic carbocycles. The van der Waals surface area contributed by atoms with Crippen molar-refractivity contribution in [2.75, 3.05) is 34.3 Å². The quantitative estimate of drug-likeness (QED) is 0.690. The fourth-order valence-electron chi connectivity index (χ4n) is 3.60. The van der Waals surface area contributed by atoms with E-state index in [4.69, 9.17) is 4.74 Å². The van der Waals surface area contributed by atoms with Gasteiger partial charge in [0.1, 0.15) is 0 Å². The molecular weight excluding hydrogens is 306 g/mol. The van der Waals surface area contributed by atoms with Crippen LogP contribution in [0.3, 0.4) is 0 Å². The Balaban J connectivity index is 2.64. The van der Waals surface area contributed by atoms with Gasteiger partial charge in [-0.1, -0.05) is 27.2 Å². The normalized spacial score (nSPS) is 22.0. The molecule has 4 unspecified atom stereocenters. The number of nitrogens with one attached hydrogen (secondary N) is 1. The van der Waals surface area contributed by atoms with Crippen molar-refractivity contribution >= 4 is 11.8 Å². The molecule has 1 fully saturated rings. The zero-order valence-corrected chi connectivity index (χ0v) is 16.2. The number of rotatable bonds is 9. The fourth-order valence-corrected chi connectivity index (χ4v) is 3.60. The second kappa shape index (κ2) is 9.99. The highest BCUT2D eigenvalue weighted by Gasteiger charge is 2.32. The first-order chi connectivity index (χ1) is 11.4. The van der Waals surface area contributed by atoms with Gasteiger partial charge in [0.15, 0.2) is 0 Å². The van der Waals surface area contributed by atoms with Crippen molar-refractivity contribution in [3.63, 3.8) is 0 Å². The SMILES string of the molecule is CCC(C)C(C(CC)OC)N(C)C(=O)CNC(=O)C1CCCN1C. The molecule has 1 aliphatic heterocycles. The van der Waals surface area contributed by atoms with Crippen molar-refractivity contribution in [2.45, 2.75) is 64.6 Å². The van der Waals surface area contributed by atoms with E-state index in [9.17, 15) is 9.59 Å². The van der Waals surface area contributed by atoms with Crippen LogP contribution in [-0.4, -0.2) is 74.1 Å². The van der Waals surface area contributed by atoms with Gasteiger partial charge in [-0.15, -0.1) is 0 Å². The Hall–Kier alpha value is -1.14. The Morgan fingerprint density at radius 3 is 2.46 bits per heavy atom. The Kier molecular flexibility index (Phi) is 8.70. The fraction of sp³-hybridized carbons (Fsp3) is 0.889. The summed E-state index contributed by atoms with van der Waals surface area (Å²) < 4.78 is 5.59. The predicted molar refractivity (Wildman–Crippen MR) is 95.8 cm³/mol. The van der Waals surface area contributed by atoms with E-state index in [1.54, 1.807) is 12.0 Å². The summed E-state index contributed by atoms with van der Waals surface area (Å²) in [5, 5.41) is 2.81. The zero-order chi connectivity index (χ0) is 18.3.